The van der Waals surface area contributed by atoms with E-state index in [0.717, 1.165) is 24.4 Å². The second kappa shape index (κ2) is 10.3. The number of phenolic OH excluding ortho intramolecular Hbond substituents is 1. The van der Waals surface area contributed by atoms with Crippen LogP contribution in [0.25, 0.3) is 0 Å². The molecule has 1 N–H and O–H groups in total. The summed E-state index contributed by atoms with van der Waals surface area (Å²) < 4.78 is 10.7. The molecule has 0 saturated carbocycles. The first-order valence-electron chi connectivity index (χ1n) is 14.7. The quantitative estimate of drug-likeness (QED) is 0.330. The first-order valence-corrected chi connectivity index (χ1v) is 14.7. The lowest BCUT2D eigenvalue weighted by Crippen LogP contribution is -2.39. The minimum absolute atomic E-state index is 0.0845. The van der Waals surface area contributed by atoms with Gasteiger partial charge in [0, 0.05) is 41.4 Å². The Hall–Kier alpha value is -4.50. The molecule has 0 radical (unpaired) electrons. The van der Waals surface area contributed by atoms with Crippen molar-refractivity contribution >= 4 is 34.8 Å². The fourth-order valence-electron chi connectivity index (χ4n) is 7.54. The van der Waals surface area contributed by atoms with Gasteiger partial charge in [-0.1, -0.05) is 17.7 Å². The van der Waals surface area contributed by atoms with Crippen molar-refractivity contribution in [2.75, 3.05) is 43.2 Å². The van der Waals surface area contributed by atoms with Gasteiger partial charge < -0.3 is 19.5 Å². The first-order chi connectivity index (χ1) is 20.8. The third-order valence-corrected chi connectivity index (χ3v) is 9.58. The number of fused-ring (bicyclic) bond motifs is 3. The van der Waals surface area contributed by atoms with Crippen molar-refractivity contribution in [1.29, 1.82) is 0 Å². The Morgan fingerprint density at radius 3 is 2.35 bits per heavy atom. The number of benzene rings is 2. The molecule has 0 bridgehead atoms. The molecule has 2 aromatic carbocycles. The summed E-state index contributed by atoms with van der Waals surface area (Å²) in [6.07, 6.45) is 3.90. The van der Waals surface area contributed by atoms with Gasteiger partial charge in [-0.2, -0.15) is 0 Å². The molecule has 2 aromatic rings. The van der Waals surface area contributed by atoms with Crippen LogP contribution in [0.3, 0.4) is 0 Å². The van der Waals surface area contributed by atoms with Gasteiger partial charge in [0.25, 0.3) is 0 Å². The smallest absolute Gasteiger partial charge is 0.238 e. The van der Waals surface area contributed by atoms with Crippen LogP contribution in [0.5, 0.6) is 11.5 Å². The molecular formula is C34H32N2O7. The number of Topliss-reactive ketones (excluding diaryl/α,β-unsaturated/α-hetero) is 1. The molecule has 9 nitrogen and oxygen atoms in total. The van der Waals surface area contributed by atoms with E-state index in [0.29, 0.717) is 47.6 Å². The number of methoxy groups -OCH3 is 1. The fourth-order valence-corrected chi connectivity index (χ4v) is 7.54. The molecule has 2 heterocycles. The molecule has 2 amide bonds. The second-order valence-electron chi connectivity index (χ2n) is 11.8. The SMILES string of the molecule is COc1ccc([C@H]2C3=CC[C@@H]4C(=O)N(c5ccc(N6CCOCC6)cc5)C(=O)[C@@H]4[C@@H]3CC3=C2C(=O)C=C(C)C3=O)cc1O. The second-order valence-corrected chi connectivity index (χ2v) is 11.8. The number of allylic oxidation sites excluding steroid dienone is 6. The number of amides is 2. The summed E-state index contributed by atoms with van der Waals surface area (Å²) in [4.78, 5) is 58.4. The van der Waals surface area contributed by atoms with Gasteiger partial charge in [-0.05, 0) is 73.7 Å². The van der Waals surface area contributed by atoms with Crippen LogP contribution in [0.1, 0.15) is 31.2 Å². The van der Waals surface area contributed by atoms with Crippen molar-refractivity contribution in [3.05, 3.63) is 82.5 Å². The Morgan fingerprint density at radius 2 is 1.65 bits per heavy atom. The molecule has 0 unspecified atom stereocenters. The van der Waals surface area contributed by atoms with Gasteiger partial charge in [0.2, 0.25) is 11.8 Å². The molecule has 0 aromatic heterocycles. The zero-order valence-electron chi connectivity index (χ0n) is 24.0. The van der Waals surface area contributed by atoms with Crippen LogP contribution < -0.4 is 14.5 Å². The number of carbonyl (C=O) groups excluding carboxylic acids is 4. The lowest BCUT2D eigenvalue weighted by Gasteiger charge is -2.42. The van der Waals surface area contributed by atoms with Gasteiger partial charge in [-0.3, -0.25) is 24.1 Å². The van der Waals surface area contributed by atoms with E-state index in [1.807, 2.05) is 30.3 Å². The predicted molar refractivity (Wildman–Crippen MR) is 158 cm³/mol. The highest BCUT2D eigenvalue weighted by Crippen LogP contribution is 2.55. The molecule has 2 saturated heterocycles. The highest BCUT2D eigenvalue weighted by Gasteiger charge is 2.56. The number of hydrogen-bond donors (Lipinski definition) is 1. The Bertz CT molecular complexity index is 1660. The number of hydrogen-bond acceptors (Lipinski definition) is 8. The Morgan fingerprint density at radius 1 is 0.930 bits per heavy atom. The van der Waals surface area contributed by atoms with Crippen LogP contribution in [0.15, 0.2) is 76.9 Å². The molecule has 0 spiro atoms. The van der Waals surface area contributed by atoms with Crippen LogP contribution in [-0.2, 0) is 23.9 Å². The van der Waals surface area contributed by atoms with Crippen LogP contribution in [0.2, 0.25) is 0 Å². The zero-order valence-corrected chi connectivity index (χ0v) is 24.0. The standard InChI is InChI=1S/C34H32N2O7/c1-18-15-27(38)31-25(32(18)39)17-24-22(29(31)19-3-10-28(42-2)26(37)16-19)8-9-23-30(24)34(41)36(33(23)40)21-6-4-20(5-7-21)35-11-13-43-14-12-35/h3-8,10,15-16,23-24,29-30,37H,9,11-14,17H2,1-2H3/t23-,24+,29-,30-/m0/s1. The van der Waals surface area contributed by atoms with E-state index in [-0.39, 0.29) is 41.3 Å². The van der Waals surface area contributed by atoms with Gasteiger partial charge in [0.05, 0.1) is 37.8 Å². The average molecular weight is 581 g/mol. The number of ether oxygens (including phenoxy) is 2. The van der Waals surface area contributed by atoms with Crippen molar-refractivity contribution in [3.8, 4) is 11.5 Å². The summed E-state index contributed by atoms with van der Waals surface area (Å²) in [5, 5.41) is 10.6. The number of nitrogens with zero attached hydrogens (tertiary/aromatic N) is 2. The molecule has 2 fully saturated rings. The number of rotatable bonds is 4. The molecule has 5 aliphatic rings. The van der Waals surface area contributed by atoms with Crippen molar-refractivity contribution in [2.24, 2.45) is 17.8 Å². The van der Waals surface area contributed by atoms with Gasteiger partial charge in [-0.15, -0.1) is 0 Å². The Labute approximate surface area is 249 Å². The summed E-state index contributed by atoms with van der Waals surface area (Å²) in [6, 6.07) is 12.4. The van der Waals surface area contributed by atoms with Crippen LogP contribution in [0, 0.1) is 17.8 Å². The fraction of sp³-hybridized carbons (Fsp3) is 0.353. The summed E-state index contributed by atoms with van der Waals surface area (Å²) >= 11 is 0. The highest BCUT2D eigenvalue weighted by molar-refractivity contribution is 6.25. The number of anilines is 2. The number of carbonyl (C=O) groups is 4. The summed E-state index contributed by atoms with van der Waals surface area (Å²) in [6.45, 7) is 4.50. The minimum atomic E-state index is -0.663. The topological polar surface area (TPSA) is 113 Å². The average Bonchev–Trinajstić information content (AvgIpc) is 3.28. The van der Waals surface area contributed by atoms with E-state index in [9.17, 15) is 24.3 Å². The minimum Gasteiger partial charge on any atom is -0.504 e. The van der Waals surface area contributed by atoms with E-state index in [4.69, 9.17) is 9.47 Å². The van der Waals surface area contributed by atoms with E-state index < -0.39 is 23.7 Å². The van der Waals surface area contributed by atoms with Gasteiger partial charge >= 0.3 is 0 Å². The molecule has 4 atom stereocenters. The maximum absolute atomic E-state index is 14.2. The molecule has 3 aliphatic carbocycles. The van der Waals surface area contributed by atoms with Crippen molar-refractivity contribution in [2.45, 2.75) is 25.7 Å². The molecule has 7 rings (SSSR count). The number of aromatic hydroxyl groups is 1. The van der Waals surface area contributed by atoms with E-state index in [2.05, 4.69) is 4.90 Å². The Balaban J connectivity index is 1.27. The lowest BCUT2D eigenvalue weighted by molar-refractivity contribution is -0.123. The van der Waals surface area contributed by atoms with Gasteiger partial charge in [-0.25, -0.2) is 0 Å². The number of phenols is 1. The van der Waals surface area contributed by atoms with E-state index in [1.165, 1.54) is 18.1 Å². The maximum atomic E-state index is 14.2. The number of morpholine rings is 1. The van der Waals surface area contributed by atoms with Crippen molar-refractivity contribution in [1.82, 2.24) is 0 Å². The zero-order chi connectivity index (χ0) is 30.0. The van der Waals surface area contributed by atoms with Crippen LogP contribution >= 0.6 is 0 Å². The van der Waals surface area contributed by atoms with Gasteiger partial charge in [0.15, 0.2) is 23.1 Å². The number of imide groups is 1. The molecule has 2 aliphatic heterocycles. The largest absolute Gasteiger partial charge is 0.504 e. The molecular weight excluding hydrogens is 548 g/mol. The summed E-state index contributed by atoms with van der Waals surface area (Å²) in [5.41, 5.74) is 4.13. The third-order valence-electron chi connectivity index (χ3n) is 9.58. The maximum Gasteiger partial charge on any atom is 0.238 e. The monoisotopic (exact) mass is 580 g/mol. The van der Waals surface area contributed by atoms with E-state index in [1.54, 1.807) is 25.1 Å². The Kier molecular flexibility index (Phi) is 6.58. The lowest BCUT2D eigenvalue weighted by atomic mass is 9.59. The van der Waals surface area contributed by atoms with Crippen molar-refractivity contribution in [3.63, 3.8) is 0 Å². The normalized spacial score (nSPS) is 27.0. The summed E-state index contributed by atoms with van der Waals surface area (Å²) in [5.74, 6) is -3.08. The van der Waals surface area contributed by atoms with Crippen LogP contribution in [0.4, 0.5) is 11.4 Å². The number of ketones is 2. The van der Waals surface area contributed by atoms with E-state index >= 15 is 0 Å². The molecule has 220 valence electrons. The molecule has 43 heavy (non-hydrogen) atoms. The van der Waals surface area contributed by atoms with Crippen LogP contribution in [-0.4, -0.2) is 61.9 Å². The van der Waals surface area contributed by atoms with Crippen molar-refractivity contribution < 1.29 is 33.8 Å². The highest BCUT2D eigenvalue weighted by atomic mass is 16.5. The molecule has 9 heteroatoms. The predicted octanol–water partition coefficient (Wildman–Crippen LogP) is 3.87. The van der Waals surface area contributed by atoms with Gasteiger partial charge in [0.1, 0.15) is 0 Å². The third kappa shape index (κ3) is 4.25. The first kappa shape index (κ1) is 27.3. The summed E-state index contributed by atoms with van der Waals surface area (Å²) in [7, 11) is 1.46.